The quantitative estimate of drug-likeness (QED) is 0.533. The highest BCUT2D eigenvalue weighted by molar-refractivity contribution is 6.11. The van der Waals surface area contributed by atoms with Crippen LogP contribution in [0.3, 0.4) is 0 Å². The zero-order valence-electron chi connectivity index (χ0n) is 17.3. The molecule has 2 aromatic rings. The molecule has 27 heavy (non-hydrogen) atoms. The Bertz CT molecular complexity index is 816. The Kier molecular flexibility index (Phi) is 5.18. The second-order valence-electron chi connectivity index (χ2n) is 9.36. The Balaban J connectivity index is 1.97. The van der Waals surface area contributed by atoms with E-state index in [1.165, 1.54) is 5.56 Å². The number of hydrogen-bond donors (Lipinski definition) is 0. The molecule has 3 heteroatoms. The van der Waals surface area contributed by atoms with Gasteiger partial charge in [-0.2, -0.15) is 0 Å². The summed E-state index contributed by atoms with van der Waals surface area (Å²) in [6.07, 6.45) is 0.145. The van der Waals surface area contributed by atoms with Gasteiger partial charge < -0.3 is 9.47 Å². The maximum atomic E-state index is 13.3. The lowest BCUT2D eigenvalue weighted by molar-refractivity contribution is 0.103. The lowest BCUT2D eigenvalue weighted by atomic mass is 9.83. The average molecular weight is 367 g/mol. The van der Waals surface area contributed by atoms with Gasteiger partial charge in [-0.05, 0) is 22.5 Å². The van der Waals surface area contributed by atoms with Crippen LogP contribution in [0.4, 0.5) is 0 Å². The van der Waals surface area contributed by atoms with E-state index in [-0.39, 0.29) is 22.7 Å². The molecular formula is C24H30O3. The van der Waals surface area contributed by atoms with E-state index in [4.69, 9.17) is 9.47 Å². The van der Waals surface area contributed by atoms with Crippen LogP contribution in [-0.4, -0.2) is 25.1 Å². The van der Waals surface area contributed by atoms with Crippen LogP contribution >= 0.6 is 0 Å². The Hall–Kier alpha value is -2.13. The van der Waals surface area contributed by atoms with Gasteiger partial charge in [0.2, 0.25) is 0 Å². The van der Waals surface area contributed by atoms with Crippen molar-refractivity contribution in [1.29, 1.82) is 0 Å². The molecule has 1 saturated heterocycles. The number of epoxide rings is 1. The third-order valence-corrected chi connectivity index (χ3v) is 4.90. The Morgan fingerprint density at radius 1 is 1.00 bits per heavy atom. The van der Waals surface area contributed by atoms with Crippen molar-refractivity contribution in [1.82, 2.24) is 0 Å². The zero-order chi connectivity index (χ0) is 19.8. The summed E-state index contributed by atoms with van der Waals surface area (Å²) in [5.41, 5.74) is 3.50. The van der Waals surface area contributed by atoms with Crippen LogP contribution in [0.2, 0.25) is 0 Å². The lowest BCUT2D eigenvalue weighted by Crippen LogP contribution is -2.18. The van der Waals surface area contributed by atoms with Crippen molar-refractivity contribution in [2.24, 2.45) is 0 Å². The number of ketones is 1. The summed E-state index contributed by atoms with van der Waals surface area (Å²) in [7, 11) is 0. The first-order chi connectivity index (χ1) is 12.6. The van der Waals surface area contributed by atoms with Gasteiger partial charge in [-0.15, -0.1) is 0 Å². The van der Waals surface area contributed by atoms with E-state index in [0.29, 0.717) is 23.5 Å². The maximum absolute atomic E-state index is 13.3. The summed E-state index contributed by atoms with van der Waals surface area (Å²) in [4.78, 5) is 13.3. The van der Waals surface area contributed by atoms with Gasteiger partial charge in [0.15, 0.2) is 5.78 Å². The number of para-hydroxylation sites is 1. The highest BCUT2D eigenvalue weighted by Crippen LogP contribution is 2.36. The second kappa shape index (κ2) is 7.12. The highest BCUT2D eigenvalue weighted by Gasteiger charge is 2.28. The van der Waals surface area contributed by atoms with Crippen LogP contribution in [0.1, 0.15) is 68.6 Å². The van der Waals surface area contributed by atoms with E-state index in [1.54, 1.807) is 0 Å². The van der Waals surface area contributed by atoms with Crippen LogP contribution in [0, 0.1) is 0 Å². The summed E-state index contributed by atoms with van der Waals surface area (Å²) in [6, 6.07) is 13.8. The van der Waals surface area contributed by atoms with Crippen molar-refractivity contribution in [2.75, 3.05) is 13.2 Å². The molecule has 1 heterocycles. The fourth-order valence-corrected chi connectivity index (χ4v) is 3.08. The summed E-state index contributed by atoms with van der Waals surface area (Å²) in [5, 5.41) is 0. The van der Waals surface area contributed by atoms with Gasteiger partial charge in [-0.1, -0.05) is 77.9 Å². The van der Waals surface area contributed by atoms with Crippen LogP contribution in [-0.2, 0) is 15.6 Å². The molecule has 0 bridgehead atoms. The Morgan fingerprint density at radius 3 is 2.15 bits per heavy atom. The summed E-state index contributed by atoms with van der Waals surface area (Å²) in [5.74, 6) is 0.679. The molecule has 0 aliphatic carbocycles. The minimum atomic E-state index is -0.119. The van der Waals surface area contributed by atoms with Crippen molar-refractivity contribution in [3.8, 4) is 5.75 Å². The Morgan fingerprint density at radius 2 is 1.63 bits per heavy atom. The number of carbonyl (C=O) groups excluding carboxylic acids is 1. The molecule has 1 aliphatic rings. The second-order valence-corrected chi connectivity index (χ2v) is 9.36. The van der Waals surface area contributed by atoms with Crippen LogP contribution in [0.25, 0.3) is 0 Å². The molecule has 3 rings (SSSR count). The van der Waals surface area contributed by atoms with E-state index in [1.807, 2.05) is 42.5 Å². The topological polar surface area (TPSA) is 38.8 Å². The van der Waals surface area contributed by atoms with E-state index >= 15 is 0 Å². The summed E-state index contributed by atoms with van der Waals surface area (Å²) in [6.45, 7) is 14.1. The molecule has 3 nitrogen and oxygen atoms in total. The minimum Gasteiger partial charge on any atom is -0.490 e. The molecule has 2 aromatic carbocycles. The monoisotopic (exact) mass is 366 g/mol. The minimum absolute atomic E-state index is 0.00623. The van der Waals surface area contributed by atoms with Gasteiger partial charge in [-0.3, -0.25) is 4.79 Å². The van der Waals surface area contributed by atoms with Crippen molar-refractivity contribution in [3.05, 3.63) is 64.7 Å². The van der Waals surface area contributed by atoms with Crippen LogP contribution in [0.5, 0.6) is 5.75 Å². The molecule has 0 N–H and O–H groups in total. The van der Waals surface area contributed by atoms with Crippen LogP contribution in [0.15, 0.2) is 42.5 Å². The molecule has 0 radical (unpaired) electrons. The predicted molar refractivity (Wildman–Crippen MR) is 109 cm³/mol. The molecule has 0 spiro atoms. The standard InChI is InChI=1S/C24H30O3/c1-23(2,3)17-12-10-16(11-13-17)21(25)19-8-7-9-20(24(4,5)6)22(19)27-15-18-14-26-18/h7-13,18H,14-15H2,1-6H3. The number of rotatable bonds is 5. The van der Waals surface area contributed by atoms with E-state index in [0.717, 1.165) is 12.2 Å². The van der Waals surface area contributed by atoms with Gasteiger partial charge in [0.1, 0.15) is 18.5 Å². The molecule has 1 aliphatic heterocycles. The molecule has 0 amide bonds. The molecule has 1 atom stereocenters. The van der Waals surface area contributed by atoms with Crippen LogP contribution < -0.4 is 4.74 Å². The van der Waals surface area contributed by atoms with Crippen molar-refractivity contribution in [2.45, 2.75) is 58.5 Å². The molecule has 144 valence electrons. The maximum Gasteiger partial charge on any atom is 0.196 e. The number of carbonyl (C=O) groups is 1. The van der Waals surface area contributed by atoms with E-state index < -0.39 is 0 Å². The first-order valence-corrected chi connectivity index (χ1v) is 9.60. The SMILES string of the molecule is CC(C)(C)c1ccc(C(=O)c2cccc(C(C)(C)C)c2OCC2CO2)cc1. The molecular weight excluding hydrogens is 336 g/mol. The first-order valence-electron chi connectivity index (χ1n) is 9.60. The van der Waals surface area contributed by atoms with Crippen molar-refractivity contribution >= 4 is 5.78 Å². The number of ether oxygens (including phenoxy) is 2. The van der Waals surface area contributed by atoms with Crippen molar-refractivity contribution in [3.63, 3.8) is 0 Å². The molecule has 0 aromatic heterocycles. The summed E-state index contributed by atoms with van der Waals surface area (Å²) < 4.78 is 11.4. The van der Waals surface area contributed by atoms with Gasteiger partial charge in [0.25, 0.3) is 0 Å². The third kappa shape index (κ3) is 4.59. The fraction of sp³-hybridized carbons (Fsp3) is 0.458. The Labute approximate surface area is 162 Å². The zero-order valence-corrected chi connectivity index (χ0v) is 17.3. The van der Waals surface area contributed by atoms with Gasteiger partial charge in [0.05, 0.1) is 12.2 Å². The third-order valence-electron chi connectivity index (χ3n) is 4.90. The summed E-state index contributed by atoms with van der Waals surface area (Å²) >= 11 is 0. The molecule has 0 saturated carbocycles. The first kappa shape index (κ1) is 19.6. The fourth-order valence-electron chi connectivity index (χ4n) is 3.08. The smallest absolute Gasteiger partial charge is 0.196 e. The molecule has 1 fully saturated rings. The van der Waals surface area contributed by atoms with E-state index in [2.05, 4.69) is 41.5 Å². The van der Waals surface area contributed by atoms with Crippen molar-refractivity contribution < 1.29 is 14.3 Å². The van der Waals surface area contributed by atoms with Gasteiger partial charge in [-0.25, -0.2) is 0 Å². The largest absolute Gasteiger partial charge is 0.490 e. The predicted octanol–water partition coefficient (Wildman–Crippen LogP) is 5.29. The average Bonchev–Trinajstić information content (AvgIpc) is 3.42. The highest BCUT2D eigenvalue weighted by atomic mass is 16.6. The number of benzene rings is 2. The van der Waals surface area contributed by atoms with E-state index in [9.17, 15) is 4.79 Å². The molecule has 1 unspecified atom stereocenters. The normalized spacial score (nSPS) is 16.9. The lowest BCUT2D eigenvalue weighted by Gasteiger charge is -2.24. The number of hydrogen-bond acceptors (Lipinski definition) is 3. The van der Waals surface area contributed by atoms with Gasteiger partial charge in [0, 0.05) is 11.1 Å². The van der Waals surface area contributed by atoms with Gasteiger partial charge >= 0.3 is 0 Å².